The van der Waals surface area contributed by atoms with Crippen molar-refractivity contribution < 1.29 is 12.8 Å². The summed E-state index contributed by atoms with van der Waals surface area (Å²) >= 11 is 6.86. The van der Waals surface area contributed by atoms with Gasteiger partial charge in [-0.1, -0.05) is 29.8 Å². The van der Waals surface area contributed by atoms with Crippen molar-refractivity contribution >= 4 is 43.9 Å². The van der Waals surface area contributed by atoms with Gasteiger partial charge in [0.15, 0.2) is 0 Å². The number of nitrogens with one attached hydrogen (secondary N) is 1. The monoisotopic (exact) mass is 384 g/mol. The summed E-state index contributed by atoms with van der Waals surface area (Å²) in [6.07, 6.45) is 0. The fraction of sp³-hybridized carbons (Fsp3) is 0.250. The van der Waals surface area contributed by atoms with E-state index in [2.05, 4.69) is 4.72 Å². The normalized spacial score (nSPS) is 13.7. The van der Waals surface area contributed by atoms with Gasteiger partial charge in [-0.05, 0) is 38.4 Å². The first-order chi connectivity index (χ1) is 11.4. The van der Waals surface area contributed by atoms with Gasteiger partial charge >= 0.3 is 0 Å². The Morgan fingerprint density at radius 2 is 2.00 bits per heavy atom. The van der Waals surface area contributed by atoms with Gasteiger partial charge in [-0.3, -0.25) is 4.90 Å². The highest BCUT2D eigenvalue weighted by atomic mass is 35.5. The number of halogens is 1. The van der Waals surface area contributed by atoms with Crippen molar-refractivity contribution in [3.63, 3.8) is 0 Å². The molecule has 0 bridgehead atoms. The van der Waals surface area contributed by atoms with Crippen LogP contribution in [0.15, 0.2) is 51.1 Å². The topological polar surface area (TPSA) is 62.6 Å². The number of likely N-dealkylation sites (N-methyl/N-ethyl adjacent to an activating group) is 1. The van der Waals surface area contributed by atoms with Gasteiger partial charge in [-0.2, -0.15) is 0 Å². The molecule has 1 N–H and O–H groups in total. The predicted molar refractivity (Wildman–Crippen MR) is 97.2 cm³/mol. The molecule has 0 saturated carbocycles. The van der Waals surface area contributed by atoms with E-state index in [1.54, 1.807) is 6.07 Å². The molecule has 24 heavy (non-hydrogen) atoms. The minimum absolute atomic E-state index is 0.199. The number of fused-ring (bicyclic) bond motifs is 1. The van der Waals surface area contributed by atoms with Crippen LogP contribution in [-0.4, -0.2) is 34.0 Å². The van der Waals surface area contributed by atoms with Gasteiger partial charge in [0.05, 0.1) is 10.4 Å². The number of furan rings is 1. The van der Waals surface area contributed by atoms with E-state index in [0.717, 1.165) is 22.3 Å². The maximum atomic E-state index is 12.4. The molecule has 2 aromatic heterocycles. The lowest BCUT2D eigenvalue weighted by molar-refractivity contribution is 0.264. The van der Waals surface area contributed by atoms with Crippen LogP contribution in [0.5, 0.6) is 0 Å². The van der Waals surface area contributed by atoms with E-state index in [4.69, 9.17) is 16.0 Å². The van der Waals surface area contributed by atoms with Crippen molar-refractivity contribution in [2.75, 3.05) is 20.6 Å². The van der Waals surface area contributed by atoms with E-state index < -0.39 is 10.0 Å². The lowest BCUT2D eigenvalue weighted by Crippen LogP contribution is -2.34. The Hall–Kier alpha value is -1.38. The molecule has 0 fully saturated rings. The molecule has 0 aliphatic carbocycles. The summed E-state index contributed by atoms with van der Waals surface area (Å²) in [6.45, 7) is 0.199. The van der Waals surface area contributed by atoms with Crippen LogP contribution >= 0.6 is 22.9 Å². The van der Waals surface area contributed by atoms with Crippen LogP contribution in [0.25, 0.3) is 11.0 Å². The number of rotatable bonds is 6. The van der Waals surface area contributed by atoms with Crippen molar-refractivity contribution in [1.82, 2.24) is 9.62 Å². The van der Waals surface area contributed by atoms with Crippen LogP contribution in [-0.2, 0) is 10.0 Å². The molecule has 0 radical (unpaired) electrons. The lowest BCUT2D eigenvalue weighted by atomic mass is 10.2. The molecule has 3 rings (SSSR count). The van der Waals surface area contributed by atoms with E-state index in [9.17, 15) is 8.42 Å². The summed E-state index contributed by atoms with van der Waals surface area (Å²) in [5, 5.41) is 0.993. The number of hydrogen-bond donors (Lipinski definition) is 1. The molecule has 2 heterocycles. The van der Waals surface area contributed by atoms with E-state index >= 15 is 0 Å². The van der Waals surface area contributed by atoms with Gasteiger partial charge in [-0.15, -0.1) is 11.3 Å². The number of thiophene rings is 1. The third-order valence-corrected chi connectivity index (χ3v) is 6.82. The number of hydrogen-bond acceptors (Lipinski definition) is 5. The lowest BCUT2D eigenvalue weighted by Gasteiger charge is -2.22. The smallest absolute Gasteiger partial charge is 0.250 e. The molecule has 3 aromatic rings. The van der Waals surface area contributed by atoms with E-state index in [0.29, 0.717) is 10.1 Å². The van der Waals surface area contributed by atoms with Gasteiger partial charge in [0.2, 0.25) is 10.0 Å². The first-order valence-electron chi connectivity index (χ1n) is 7.27. The second-order valence-electron chi connectivity index (χ2n) is 5.58. The van der Waals surface area contributed by atoms with Crippen LogP contribution in [0.4, 0.5) is 0 Å². The summed E-state index contributed by atoms with van der Waals surface area (Å²) in [6, 6.07) is 12.5. The van der Waals surface area contributed by atoms with Gasteiger partial charge in [0, 0.05) is 11.9 Å². The quantitative estimate of drug-likeness (QED) is 0.703. The van der Waals surface area contributed by atoms with Crippen LogP contribution in [0.2, 0.25) is 4.34 Å². The highest BCUT2D eigenvalue weighted by Crippen LogP contribution is 2.28. The van der Waals surface area contributed by atoms with Gasteiger partial charge in [0.25, 0.3) is 0 Å². The Labute approximate surface area is 149 Å². The van der Waals surface area contributed by atoms with Crippen molar-refractivity contribution in [3.8, 4) is 0 Å². The van der Waals surface area contributed by atoms with Crippen LogP contribution < -0.4 is 4.72 Å². The molecule has 5 nitrogen and oxygen atoms in total. The van der Waals surface area contributed by atoms with Gasteiger partial charge in [0.1, 0.15) is 15.6 Å². The summed E-state index contributed by atoms with van der Waals surface area (Å²) in [5.74, 6) is 0.716. The predicted octanol–water partition coefficient (Wildman–Crippen LogP) is 3.73. The van der Waals surface area contributed by atoms with Crippen molar-refractivity contribution in [3.05, 3.63) is 52.6 Å². The van der Waals surface area contributed by atoms with Gasteiger partial charge in [-0.25, -0.2) is 13.1 Å². The highest BCUT2D eigenvalue weighted by Gasteiger charge is 2.23. The second-order valence-corrected chi connectivity index (χ2v) is 9.29. The fourth-order valence-corrected chi connectivity index (χ4v) is 4.97. The molecule has 0 aliphatic rings. The zero-order chi connectivity index (χ0) is 17.3. The number of nitrogens with zero attached hydrogens (tertiary/aromatic N) is 1. The van der Waals surface area contributed by atoms with E-state index in [1.165, 1.54) is 6.07 Å². The van der Waals surface area contributed by atoms with Gasteiger partial charge < -0.3 is 4.42 Å². The molecule has 1 atom stereocenters. The Morgan fingerprint density at radius 1 is 1.25 bits per heavy atom. The maximum absolute atomic E-state index is 12.4. The molecule has 0 amide bonds. The highest BCUT2D eigenvalue weighted by molar-refractivity contribution is 7.91. The third kappa shape index (κ3) is 3.65. The summed E-state index contributed by atoms with van der Waals surface area (Å²) in [5.41, 5.74) is 0.784. The van der Waals surface area contributed by atoms with Crippen LogP contribution in [0.3, 0.4) is 0 Å². The largest absolute Gasteiger partial charge is 0.459 e. The first-order valence-corrected chi connectivity index (χ1v) is 9.94. The number of benzene rings is 1. The molecule has 0 saturated heterocycles. The first kappa shape index (κ1) is 17.4. The minimum Gasteiger partial charge on any atom is -0.459 e. The minimum atomic E-state index is -3.59. The van der Waals surface area contributed by atoms with Crippen LogP contribution in [0, 0.1) is 0 Å². The Kier molecular flexibility index (Phi) is 4.98. The number of sulfonamides is 1. The standard InChI is InChI=1S/C16H17ClN2O3S2/c1-19(2)12(14-9-11-5-3-4-6-13(11)22-14)10-18-24(20,21)16-8-7-15(17)23-16/h3-9,12,18H,10H2,1-2H3/t12-/m1/s1. The zero-order valence-electron chi connectivity index (χ0n) is 13.2. The molecule has 1 aromatic carbocycles. The second kappa shape index (κ2) is 6.85. The van der Waals surface area contributed by atoms with Crippen molar-refractivity contribution in [2.24, 2.45) is 0 Å². The van der Waals surface area contributed by atoms with E-state index in [-0.39, 0.29) is 16.8 Å². The van der Waals surface area contributed by atoms with Crippen molar-refractivity contribution in [1.29, 1.82) is 0 Å². The SMILES string of the molecule is CN(C)[C@H](CNS(=O)(=O)c1ccc(Cl)s1)c1cc2ccccc2o1. The summed E-state index contributed by atoms with van der Waals surface area (Å²) < 4.78 is 33.9. The third-order valence-electron chi connectivity index (χ3n) is 3.68. The fourth-order valence-electron chi connectivity index (χ4n) is 2.41. The number of para-hydroxylation sites is 1. The Balaban J connectivity index is 1.82. The molecular formula is C16H17ClN2O3S2. The average molecular weight is 385 g/mol. The van der Waals surface area contributed by atoms with E-state index in [1.807, 2.05) is 49.3 Å². The zero-order valence-corrected chi connectivity index (χ0v) is 15.6. The van der Waals surface area contributed by atoms with Crippen molar-refractivity contribution in [2.45, 2.75) is 10.3 Å². The Morgan fingerprint density at radius 3 is 2.62 bits per heavy atom. The molecule has 128 valence electrons. The summed E-state index contributed by atoms with van der Waals surface area (Å²) in [7, 11) is 0.176. The summed E-state index contributed by atoms with van der Waals surface area (Å²) in [4.78, 5) is 1.92. The van der Waals surface area contributed by atoms with Crippen LogP contribution in [0.1, 0.15) is 11.8 Å². The molecule has 0 aliphatic heterocycles. The molecular weight excluding hydrogens is 368 g/mol. The Bertz CT molecular complexity index is 914. The molecule has 8 heteroatoms. The average Bonchev–Trinajstić information content (AvgIpc) is 3.13. The molecule has 0 unspecified atom stereocenters. The molecule has 0 spiro atoms. The maximum Gasteiger partial charge on any atom is 0.250 e.